The number of rotatable bonds is 21. The van der Waals surface area contributed by atoms with Gasteiger partial charge in [0.15, 0.2) is 0 Å². The number of carboxylic acid groups (broad SMARTS) is 2. The van der Waals surface area contributed by atoms with Gasteiger partial charge in [0.25, 0.3) is 0 Å². The zero-order valence-corrected chi connectivity index (χ0v) is 26.4. The van der Waals surface area contributed by atoms with E-state index in [1.807, 2.05) is 24.3 Å². The van der Waals surface area contributed by atoms with Gasteiger partial charge in [-0.05, 0) is 110 Å². The van der Waals surface area contributed by atoms with Gasteiger partial charge in [-0.15, -0.1) is 0 Å². The first-order valence-corrected chi connectivity index (χ1v) is 16.3. The van der Waals surface area contributed by atoms with Crippen LogP contribution in [-0.2, 0) is 48.1 Å². The molecule has 0 bridgehead atoms. The van der Waals surface area contributed by atoms with Crippen molar-refractivity contribution < 1.29 is 30.0 Å². The van der Waals surface area contributed by atoms with Gasteiger partial charge in [-0.1, -0.05) is 77.6 Å². The number of carboxylic acids is 2. The van der Waals surface area contributed by atoms with Crippen LogP contribution in [-0.4, -0.2) is 32.4 Å². The Morgan fingerprint density at radius 3 is 1.02 bits per heavy atom. The molecule has 0 radical (unpaired) electrons. The second kappa shape index (κ2) is 18.5. The molecule has 0 fully saturated rings. The molecule has 4 N–H and O–H groups in total. The molecule has 0 heterocycles. The third kappa shape index (κ3) is 11.0. The molecule has 6 heteroatoms. The van der Waals surface area contributed by atoms with Gasteiger partial charge >= 0.3 is 11.9 Å². The first kappa shape index (κ1) is 35.2. The number of hydrogen-bond acceptors (Lipinski definition) is 4. The summed E-state index contributed by atoms with van der Waals surface area (Å²) in [7, 11) is 0. The molecule has 42 heavy (non-hydrogen) atoms. The van der Waals surface area contributed by atoms with E-state index in [4.69, 9.17) is 0 Å². The fourth-order valence-corrected chi connectivity index (χ4v) is 5.73. The van der Waals surface area contributed by atoms with Crippen molar-refractivity contribution in [2.24, 2.45) is 11.8 Å². The highest BCUT2D eigenvalue weighted by atomic mass is 16.4. The minimum Gasteiger partial charge on any atom is -0.507 e. The van der Waals surface area contributed by atoms with Gasteiger partial charge in [-0.25, -0.2) is 0 Å². The molecule has 6 nitrogen and oxygen atoms in total. The molecule has 0 aliphatic heterocycles. The van der Waals surface area contributed by atoms with E-state index in [1.54, 1.807) is 0 Å². The monoisotopic (exact) mass is 582 g/mol. The third-order valence-electron chi connectivity index (χ3n) is 8.38. The fourth-order valence-electron chi connectivity index (χ4n) is 5.73. The topological polar surface area (TPSA) is 115 Å². The average Bonchev–Trinajstić information content (AvgIpc) is 2.96. The van der Waals surface area contributed by atoms with Crippen molar-refractivity contribution in [3.05, 3.63) is 57.6 Å². The molecule has 2 aromatic carbocycles. The summed E-state index contributed by atoms with van der Waals surface area (Å²) < 4.78 is 0. The van der Waals surface area contributed by atoms with E-state index in [0.717, 1.165) is 110 Å². The lowest BCUT2D eigenvalue weighted by Gasteiger charge is -2.19. The summed E-state index contributed by atoms with van der Waals surface area (Å²) in [5, 5.41) is 41.9. The normalized spacial score (nSPS) is 12.8. The molecule has 0 aromatic heterocycles. The number of benzene rings is 2. The van der Waals surface area contributed by atoms with Crippen LogP contribution >= 0.6 is 0 Å². The van der Waals surface area contributed by atoms with E-state index in [2.05, 4.69) is 27.7 Å². The summed E-state index contributed by atoms with van der Waals surface area (Å²) in [6.07, 6.45) is 11.9. The van der Waals surface area contributed by atoms with Crippen molar-refractivity contribution in [3.63, 3.8) is 0 Å². The maximum absolute atomic E-state index is 12.3. The predicted molar refractivity (Wildman–Crippen MR) is 170 cm³/mol. The van der Waals surface area contributed by atoms with Crippen LogP contribution in [0.5, 0.6) is 11.5 Å². The Balaban J connectivity index is 2.26. The van der Waals surface area contributed by atoms with Crippen molar-refractivity contribution in [3.8, 4) is 11.5 Å². The molecule has 0 amide bonds. The smallest absolute Gasteiger partial charge is 0.306 e. The summed E-state index contributed by atoms with van der Waals surface area (Å²) in [6.45, 7) is 8.42. The van der Waals surface area contributed by atoms with Crippen molar-refractivity contribution >= 4 is 11.9 Å². The Morgan fingerprint density at radius 1 is 0.548 bits per heavy atom. The molecule has 0 saturated heterocycles. The number of phenolic OH excluding ortho intramolecular Hbond substituents is 2. The third-order valence-corrected chi connectivity index (χ3v) is 8.38. The number of aromatic hydroxyl groups is 2. The maximum atomic E-state index is 12.3. The Labute approximate surface area is 253 Å². The zero-order valence-electron chi connectivity index (χ0n) is 26.4. The lowest BCUT2D eigenvalue weighted by Crippen LogP contribution is -2.22. The lowest BCUT2D eigenvalue weighted by atomic mass is 9.86. The van der Waals surface area contributed by atoms with Gasteiger partial charge < -0.3 is 20.4 Å². The summed E-state index contributed by atoms with van der Waals surface area (Å²) in [4.78, 5) is 24.7. The molecule has 0 aliphatic rings. The van der Waals surface area contributed by atoms with Crippen LogP contribution in [0.2, 0.25) is 0 Å². The predicted octanol–water partition coefficient (Wildman–Crippen LogP) is 8.44. The summed E-state index contributed by atoms with van der Waals surface area (Å²) in [6, 6.07) is 7.77. The van der Waals surface area contributed by atoms with Crippen LogP contribution in [0.1, 0.15) is 125 Å². The summed E-state index contributed by atoms with van der Waals surface area (Å²) >= 11 is 0. The standard InChI is InChI=1S/C36H54O6/c1-5-9-13-27-19-25(20-28(33(27)37)14-10-6-2)23-31(35(39)40)17-18-32(36(41)42)24-26-21-29(15-11-7-3)34(38)30(22-26)16-12-8-4/h19-22,31-32,37-38H,5-18,23-24H2,1-4H3,(H,39,40)(H,41,42). The Kier molecular flexibility index (Phi) is 15.5. The highest BCUT2D eigenvalue weighted by Crippen LogP contribution is 2.32. The number of unbranched alkanes of at least 4 members (excludes halogenated alkanes) is 4. The second-order valence-electron chi connectivity index (χ2n) is 12.0. The Bertz CT molecular complexity index is 990. The van der Waals surface area contributed by atoms with Gasteiger partial charge in [0.1, 0.15) is 11.5 Å². The minimum atomic E-state index is -0.925. The molecular weight excluding hydrogens is 528 g/mol. The van der Waals surface area contributed by atoms with E-state index < -0.39 is 23.8 Å². The highest BCUT2D eigenvalue weighted by Gasteiger charge is 2.25. The molecular formula is C36H54O6. The van der Waals surface area contributed by atoms with Gasteiger partial charge in [0.05, 0.1) is 11.8 Å². The van der Waals surface area contributed by atoms with Crippen LogP contribution in [0.25, 0.3) is 0 Å². The van der Waals surface area contributed by atoms with Gasteiger partial charge in [0, 0.05) is 0 Å². The van der Waals surface area contributed by atoms with Crippen LogP contribution in [0, 0.1) is 11.8 Å². The molecule has 2 rings (SSSR count). The van der Waals surface area contributed by atoms with Crippen LogP contribution in [0.4, 0.5) is 0 Å². The molecule has 0 spiro atoms. The zero-order chi connectivity index (χ0) is 31.1. The van der Waals surface area contributed by atoms with E-state index in [0.29, 0.717) is 24.3 Å². The van der Waals surface area contributed by atoms with Crippen LogP contribution in [0.3, 0.4) is 0 Å². The highest BCUT2D eigenvalue weighted by molar-refractivity contribution is 5.72. The second-order valence-corrected chi connectivity index (χ2v) is 12.0. The Morgan fingerprint density at radius 2 is 0.810 bits per heavy atom. The quantitative estimate of drug-likeness (QED) is 0.117. The number of hydrogen-bond donors (Lipinski definition) is 4. The van der Waals surface area contributed by atoms with Crippen molar-refractivity contribution in [1.82, 2.24) is 0 Å². The van der Waals surface area contributed by atoms with Crippen molar-refractivity contribution in [2.45, 2.75) is 130 Å². The van der Waals surface area contributed by atoms with Gasteiger partial charge in [0.2, 0.25) is 0 Å². The van der Waals surface area contributed by atoms with Gasteiger partial charge in [-0.2, -0.15) is 0 Å². The first-order chi connectivity index (χ1) is 20.1. The average molecular weight is 583 g/mol. The molecule has 0 aliphatic carbocycles. The molecule has 0 saturated carbocycles. The largest absolute Gasteiger partial charge is 0.507 e. The molecule has 2 atom stereocenters. The first-order valence-electron chi connectivity index (χ1n) is 16.3. The molecule has 234 valence electrons. The van der Waals surface area contributed by atoms with Crippen molar-refractivity contribution in [2.75, 3.05) is 0 Å². The van der Waals surface area contributed by atoms with Crippen LogP contribution in [0.15, 0.2) is 24.3 Å². The van der Waals surface area contributed by atoms with E-state index in [-0.39, 0.29) is 12.8 Å². The number of aryl methyl sites for hydroxylation is 4. The number of aliphatic carboxylic acids is 2. The minimum absolute atomic E-state index is 0.255. The van der Waals surface area contributed by atoms with Gasteiger partial charge in [-0.3, -0.25) is 9.59 Å². The number of carbonyl (C=O) groups is 2. The number of phenols is 2. The summed E-state index contributed by atoms with van der Waals surface area (Å²) in [5.74, 6) is -2.60. The van der Waals surface area contributed by atoms with E-state index in [9.17, 15) is 30.0 Å². The fraction of sp³-hybridized carbons (Fsp3) is 0.611. The summed E-state index contributed by atoms with van der Waals surface area (Å²) in [5.41, 5.74) is 5.28. The van der Waals surface area contributed by atoms with E-state index >= 15 is 0 Å². The van der Waals surface area contributed by atoms with Crippen LogP contribution < -0.4 is 0 Å². The van der Waals surface area contributed by atoms with E-state index in [1.165, 1.54) is 0 Å². The SMILES string of the molecule is CCCCc1cc(CC(CCC(Cc2cc(CCCC)c(O)c(CCCC)c2)C(=O)O)C(=O)O)cc(CCCC)c1O. The molecule has 2 aromatic rings. The lowest BCUT2D eigenvalue weighted by molar-refractivity contribution is -0.145. The Hall–Kier alpha value is -3.02. The maximum Gasteiger partial charge on any atom is 0.306 e. The molecule has 2 unspecified atom stereocenters. The van der Waals surface area contributed by atoms with Crippen molar-refractivity contribution in [1.29, 1.82) is 0 Å².